The standard InChI is InChI=1S/C15H14O3S/c1-18-15(17)14(11-5-3-2-4-6-11)19-13-9-7-12(16)8-10-13/h2-10,14,16H,1H3. The molecule has 0 aromatic heterocycles. The summed E-state index contributed by atoms with van der Waals surface area (Å²) in [5.41, 5.74) is 0.896. The molecule has 0 bridgehead atoms. The van der Waals surface area contributed by atoms with Gasteiger partial charge in [0.05, 0.1) is 7.11 Å². The van der Waals surface area contributed by atoms with Crippen LogP contribution in [-0.4, -0.2) is 18.2 Å². The zero-order valence-electron chi connectivity index (χ0n) is 10.4. The van der Waals surface area contributed by atoms with E-state index in [0.29, 0.717) is 0 Å². The van der Waals surface area contributed by atoms with E-state index in [1.807, 2.05) is 30.3 Å². The molecule has 0 heterocycles. The second-order valence-electron chi connectivity index (χ2n) is 3.93. The number of phenols is 1. The van der Waals surface area contributed by atoms with Crippen LogP contribution in [0.25, 0.3) is 0 Å². The monoisotopic (exact) mass is 274 g/mol. The van der Waals surface area contributed by atoms with Gasteiger partial charge >= 0.3 is 5.97 Å². The summed E-state index contributed by atoms with van der Waals surface area (Å²) in [4.78, 5) is 12.8. The smallest absolute Gasteiger partial charge is 0.323 e. The van der Waals surface area contributed by atoms with Crippen molar-refractivity contribution in [2.45, 2.75) is 10.1 Å². The lowest BCUT2D eigenvalue weighted by atomic mass is 10.1. The third-order valence-electron chi connectivity index (χ3n) is 2.61. The first-order valence-electron chi connectivity index (χ1n) is 5.79. The summed E-state index contributed by atoms with van der Waals surface area (Å²) in [6.07, 6.45) is 0. The lowest BCUT2D eigenvalue weighted by Crippen LogP contribution is -2.10. The molecule has 0 saturated carbocycles. The highest BCUT2D eigenvalue weighted by Gasteiger charge is 2.22. The lowest BCUT2D eigenvalue weighted by molar-refractivity contribution is -0.140. The Morgan fingerprint density at radius 1 is 1.11 bits per heavy atom. The number of rotatable bonds is 4. The molecular weight excluding hydrogens is 260 g/mol. The Labute approximate surface area is 116 Å². The number of phenolic OH excluding ortho intramolecular Hbond substituents is 1. The topological polar surface area (TPSA) is 46.5 Å². The van der Waals surface area contributed by atoms with Crippen molar-refractivity contribution in [3.8, 4) is 5.75 Å². The van der Waals surface area contributed by atoms with Crippen molar-refractivity contribution in [1.82, 2.24) is 0 Å². The molecule has 0 aliphatic carbocycles. The van der Waals surface area contributed by atoms with Crippen molar-refractivity contribution < 1.29 is 14.6 Å². The van der Waals surface area contributed by atoms with Crippen LogP contribution in [-0.2, 0) is 9.53 Å². The summed E-state index contributed by atoms with van der Waals surface area (Å²) in [6.45, 7) is 0. The van der Waals surface area contributed by atoms with Gasteiger partial charge in [-0.1, -0.05) is 30.3 Å². The molecule has 2 aromatic carbocycles. The number of carbonyl (C=O) groups excluding carboxylic acids is 1. The van der Waals surface area contributed by atoms with E-state index >= 15 is 0 Å². The zero-order valence-corrected chi connectivity index (χ0v) is 11.3. The largest absolute Gasteiger partial charge is 0.508 e. The number of aromatic hydroxyl groups is 1. The van der Waals surface area contributed by atoms with Crippen molar-refractivity contribution in [2.75, 3.05) is 7.11 Å². The van der Waals surface area contributed by atoms with Gasteiger partial charge in [0, 0.05) is 4.90 Å². The molecule has 2 aromatic rings. The van der Waals surface area contributed by atoms with Crippen LogP contribution in [0.1, 0.15) is 10.8 Å². The predicted octanol–water partition coefficient (Wildman–Crippen LogP) is 3.40. The number of ether oxygens (including phenoxy) is 1. The van der Waals surface area contributed by atoms with Crippen molar-refractivity contribution in [3.63, 3.8) is 0 Å². The van der Waals surface area contributed by atoms with Gasteiger partial charge in [-0.15, -0.1) is 11.8 Å². The number of hydrogen-bond acceptors (Lipinski definition) is 4. The molecule has 0 aliphatic rings. The summed E-state index contributed by atoms with van der Waals surface area (Å²) >= 11 is 1.40. The Hall–Kier alpha value is -1.94. The highest BCUT2D eigenvalue weighted by Crippen LogP contribution is 2.36. The van der Waals surface area contributed by atoms with Gasteiger partial charge < -0.3 is 9.84 Å². The third kappa shape index (κ3) is 3.51. The molecule has 19 heavy (non-hydrogen) atoms. The van der Waals surface area contributed by atoms with Crippen LogP contribution >= 0.6 is 11.8 Å². The number of benzene rings is 2. The van der Waals surface area contributed by atoms with E-state index in [9.17, 15) is 9.90 Å². The average Bonchev–Trinajstić information content (AvgIpc) is 2.47. The molecule has 0 aliphatic heterocycles. The minimum Gasteiger partial charge on any atom is -0.508 e. The highest BCUT2D eigenvalue weighted by molar-refractivity contribution is 8.00. The van der Waals surface area contributed by atoms with Crippen molar-refractivity contribution in [1.29, 1.82) is 0 Å². The van der Waals surface area contributed by atoms with Crippen LogP contribution in [0.5, 0.6) is 5.75 Å². The molecule has 0 spiro atoms. The fourth-order valence-corrected chi connectivity index (χ4v) is 2.70. The van der Waals surface area contributed by atoms with Gasteiger partial charge in [-0.2, -0.15) is 0 Å². The first kappa shape index (κ1) is 13.5. The molecule has 98 valence electrons. The van der Waals surface area contributed by atoms with Gasteiger partial charge in [-0.25, -0.2) is 0 Å². The van der Waals surface area contributed by atoms with Gasteiger partial charge in [-0.05, 0) is 29.8 Å². The van der Waals surface area contributed by atoms with Crippen molar-refractivity contribution in [3.05, 3.63) is 60.2 Å². The van der Waals surface area contributed by atoms with Crippen LogP contribution in [0.15, 0.2) is 59.5 Å². The van der Waals surface area contributed by atoms with E-state index in [2.05, 4.69) is 0 Å². The zero-order chi connectivity index (χ0) is 13.7. The number of esters is 1. The minimum atomic E-state index is -0.407. The summed E-state index contributed by atoms with van der Waals surface area (Å²) in [6, 6.07) is 16.2. The van der Waals surface area contributed by atoms with Crippen LogP contribution in [0.2, 0.25) is 0 Å². The first-order chi connectivity index (χ1) is 9.20. The molecule has 0 radical (unpaired) electrons. The van der Waals surface area contributed by atoms with Crippen molar-refractivity contribution >= 4 is 17.7 Å². The molecule has 1 N–H and O–H groups in total. The molecule has 2 rings (SSSR count). The Morgan fingerprint density at radius 3 is 2.32 bits per heavy atom. The maximum Gasteiger partial charge on any atom is 0.323 e. The Bertz CT molecular complexity index is 537. The van der Waals surface area contributed by atoms with Crippen LogP contribution in [0.3, 0.4) is 0 Å². The molecule has 0 amide bonds. The summed E-state index contributed by atoms with van der Waals surface area (Å²) in [5, 5.41) is 8.86. The van der Waals surface area contributed by atoms with E-state index in [4.69, 9.17) is 4.74 Å². The van der Waals surface area contributed by atoms with Gasteiger partial charge in [-0.3, -0.25) is 4.79 Å². The third-order valence-corrected chi connectivity index (χ3v) is 3.85. The fraction of sp³-hybridized carbons (Fsp3) is 0.133. The fourth-order valence-electron chi connectivity index (χ4n) is 1.65. The van der Waals surface area contributed by atoms with Gasteiger partial charge in [0.15, 0.2) is 0 Å². The van der Waals surface area contributed by atoms with E-state index in [-0.39, 0.29) is 11.7 Å². The van der Waals surface area contributed by atoms with Crippen LogP contribution in [0.4, 0.5) is 0 Å². The maximum absolute atomic E-state index is 11.9. The van der Waals surface area contributed by atoms with E-state index in [1.165, 1.54) is 18.9 Å². The Morgan fingerprint density at radius 2 is 1.74 bits per heavy atom. The molecule has 0 fully saturated rings. The second-order valence-corrected chi connectivity index (χ2v) is 5.10. The number of carbonyl (C=O) groups is 1. The quantitative estimate of drug-likeness (QED) is 0.685. The van der Waals surface area contributed by atoms with Crippen LogP contribution < -0.4 is 0 Å². The number of thioether (sulfide) groups is 1. The summed E-state index contributed by atoms with van der Waals surface area (Å²) in [5.74, 6) is -0.0806. The molecular formula is C15H14O3S. The summed E-state index contributed by atoms with van der Waals surface area (Å²) in [7, 11) is 1.38. The number of methoxy groups -OCH3 is 1. The highest BCUT2D eigenvalue weighted by atomic mass is 32.2. The second kappa shape index (κ2) is 6.29. The van der Waals surface area contributed by atoms with Gasteiger partial charge in [0.2, 0.25) is 0 Å². The van der Waals surface area contributed by atoms with Gasteiger partial charge in [0.1, 0.15) is 11.0 Å². The molecule has 0 saturated heterocycles. The Balaban J connectivity index is 2.24. The van der Waals surface area contributed by atoms with E-state index < -0.39 is 5.25 Å². The maximum atomic E-state index is 11.9. The summed E-state index contributed by atoms with van der Waals surface area (Å²) < 4.78 is 4.85. The van der Waals surface area contributed by atoms with E-state index in [1.54, 1.807) is 24.3 Å². The predicted molar refractivity (Wildman–Crippen MR) is 75.2 cm³/mol. The molecule has 1 unspecified atom stereocenters. The lowest BCUT2D eigenvalue weighted by Gasteiger charge is -2.14. The Kier molecular flexibility index (Phi) is 4.47. The van der Waals surface area contributed by atoms with Gasteiger partial charge in [0.25, 0.3) is 0 Å². The molecule has 4 heteroatoms. The SMILES string of the molecule is COC(=O)C(Sc1ccc(O)cc1)c1ccccc1. The normalized spacial score (nSPS) is 11.8. The molecule has 1 atom stereocenters. The van der Waals surface area contributed by atoms with Crippen LogP contribution in [0, 0.1) is 0 Å². The van der Waals surface area contributed by atoms with E-state index in [0.717, 1.165) is 10.5 Å². The minimum absolute atomic E-state index is 0.207. The molecule has 3 nitrogen and oxygen atoms in total. The first-order valence-corrected chi connectivity index (χ1v) is 6.67. The number of hydrogen-bond donors (Lipinski definition) is 1. The van der Waals surface area contributed by atoms with Crippen molar-refractivity contribution in [2.24, 2.45) is 0 Å². The average molecular weight is 274 g/mol.